The molecule has 2 aromatic carbocycles. The van der Waals surface area contributed by atoms with Gasteiger partial charge in [-0.1, -0.05) is 43.3 Å². The van der Waals surface area contributed by atoms with Gasteiger partial charge >= 0.3 is 0 Å². The van der Waals surface area contributed by atoms with E-state index < -0.39 is 0 Å². The van der Waals surface area contributed by atoms with Crippen LogP contribution in [0.5, 0.6) is 0 Å². The Kier molecular flexibility index (Phi) is 4.79. The van der Waals surface area contributed by atoms with Crippen LogP contribution in [-0.2, 0) is 0 Å². The molecule has 0 saturated heterocycles. The van der Waals surface area contributed by atoms with E-state index in [-0.39, 0.29) is 17.7 Å². The van der Waals surface area contributed by atoms with Gasteiger partial charge in [0, 0.05) is 16.8 Å². The monoisotopic (exact) mass is 382 g/mol. The summed E-state index contributed by atoms with van der Waals surface area (Å²) in [5.74, 6) is -0.150. The summed E-state index contributed by atoms with van der Waals surface area (Å²) < 4.78 is 28.6. The Bertz CT molecular complexity index is 964. The molecule has 0 bridgehead atoms. The van der Waals surface area contributed by atoms with Crippen LogP contribution in [0, 0.1) is 17.6 Å². The maximum Gasteiger partial charge on any atom is 0.171 e. The fourth-order valence-corrected chi connectivity index (χ4v) is 4.13. The maximum atomic E-state index is 14.5. The van der Waals surface area contributed by atoms with E-state index in [0.717, 1.165) is 29.7 Å². The molecule has 1 aliphatic carbocycles. The van der Waals surface area contributed by atoms with Gasteiger partial charge < -0.3 is 10.6 Å². The van der Waals surface area contributed by atoms with Crippen molar-refractivity contribution in [2.75, 3.05) is 0 Å². The number of allylic oxidation sites excluding steroid dienone is 1. The van der Waals surface area contributed by atoms with Crippen molar-refractivity contribution >= 4 is 23.4 Å². The van der Waals surface area contributed by atoms with E-state index in [4.69, 9.17) is 12.2 Å². The Morgan fingerprint density at radius 2 is 1.70 bits per heavy atom. The number of nitrogens with one attached hydrogen (secondary N) is 2. The van der Waals surface area contributed by atoms with Crippen LogP contribution in [0.2, 0.25) is 0 Å². The first-order valence-corrected chi connectivity index (χ1v) is 9.44. The quantitative estimate of drug-likeness (QED) is 0.694. The van der Waals surface area contributed by atoms with Crippen molar-refractivity contribution in [3.63, 3.8) is 0 Å². The fourth-order valence-electron chi connectivity index (χ4n) is 3.91. The number of thiocarbonyl (C=S) groups is 1. The number of halogens is 2. The van der Waals surface area contributed by atoms with E-state index in [1.807, 2.05) is 18.2 Å². The Morgan fingerprint density at radius 1 is 1.00 bits per heavy atom. The zero-order valence-electron chi connectivity index (χ0n) is 14.9. The molecule has 27 heavy (non-hydrogen) atoms. The van der Waals surface area contributed by atoms with Crippen LogP contribution >= 0.6 is 12.2 Å². The first kappa shape index (κ1) is 17.9. The van der Waals surface area contributed by atoms with Crippen LogP contribution in [0.3, 0.4) is 0 Å². The second kappa shape index (κ2) is 7.24. The van der Waals surface area contributed by atoms with Crippen molar-refractivity contribution in [1.82, 2.24) is 10.6 Å². The second-order valence-electron chi connectivity index (χ2n) is 7.16. The molecular weight excluding hydrogens is 362 g/mol. The third kappa shape index (κ3) is 3.52. The standard InChI is InChI=1S/C22H20F2N2S/c1-13-10-15(12-14-6-2-4-8-18(14)23)20-17(11-13)21(26-22(27)25-20)16-7-3-5-9-19(16)24/h2-9,12-13,21H,10-11H2,1H3,(H2,25,26,27)/b15-12+/t13-,21-/m0/s1. The summed E-state index contributed by atoms with van der Waals surface area (Å²) in [4.78, 5) is 0. The van der Waals surface area contributed by atoms with Gasteiger partial charge in [-0.3, -0.25) is 0 Å². The van der Waals surface area contributed by atoms with Gasteiger partial charge in [-0.25, -0.2) is 8.78 Å². The molecule has 2 N–H and O–H groups in total. The zero-order chi connectivity index (χ0) is 19.0. The van der Waals surface area contributed by atoms with Gasteiger partial charge in [-0.05, 0) is 60.3 Å². The molecule has 4 rings (SSSR count). The van der Waals surface area contributed by atoms with Gasteiger partial charge in [0.25, 0.3) is 0 Å². The summed E-state index contributed by atoms with van der Waals surface area (Å²) in [5.41, 5.74) is 4.08. The molecule has 0 aromatic heterocycles. The van der Waals surface area contributed by atoms with E-state index >= 15 is 0 Å². The number of benzene rings is 2. The van der Waals surface area contributed by atoms with E-state index in [0.29, 0.717) is 22.2 Å². The fraction of sp³-hybridized carbons (Fsp3) is 0.227. The lowest BCUT2D eigenvalue weighted by molar-refractivity contribution is 0.489. The first-order valence-electron chi connectivity index (χ1n) is 9.03. The highest BCUT2D eigenvalue weighted by Gasteiger charge is 2.33. The topological polar surface area (TPSA) is 24.1 Å². The van der Waals surface area contributed by atoms with E-state index in [9.17, 15) is 8.78 Å². The SMILES string of the molecule is C[C@@H]1CC2=C(NC(=S)N[C@H]2c2ccccc2F)/C(=C/c2ccccc2F)C1. The summed E-state index contributed by atoms with van der Waals surface area (Å²) in [6.45, 7) is 2.16. The highest BCUT2D eigenvalue weighted by Crippen LogP contribution is 2.41. The number of rotatable bonds is 2. The molecule has 0 radical (unpaired) electrons. The molecule has 1 heterocycles. The maximum absolute atomic E-state index is 14.5. The summed E-state index contributed by atoms with van der Waals surface area (Å²) in [7, 11) is 0. The molecule has 2 atom stereocenters. The molecule has 1 aliphatic heterocycles. The van der Waals surface area contributed by atoms with Gasteiger partial charge in [0.15, 0.2) is 5.11 Å². The molecule has 2 aliphatic rings. The summed E-state index contributed by atoms with van der Waals surface area (Å²) in [6.07, 6.45) is 3.51. The minimum atomic E-state index is -0.318. The molecule has 0 amide bonds. The predicted octanol–water partition coefficient (Wildman–Crippen LogP) is 5.25. The smallest absolute Gasteiger partial charge is 0.171 e. The van der Waals surface area contributed by atoms with Crippen LogP contribution in [0.1, 0.15) is 36.9 Å². The Balaban J connectivity index is 1.84. The van der Waals surface area contributed by atoms with E-state index in [1.165, 1.54) is 12.1 Å². The second-order valence-corrected chi connectivity index (χ2v) is 7.57. The highest BCUT2D eigenvalue weighted by molar-refractivity contribution is 7.80. The summed E-state index contributed by atoms with van der Waals surface area (Å²) >= 11 is 5.39. The van der Waals surface area contributed by atoms with Gasteiger partial charge in [-0.15, -0.1) is 0 Å². The lowest BCUT2D eigenvalue weighted by atomic mass is 9.78. The van der Waals surface area contributed by atoms with Crippen molar-refractivity contribution in [3.8, 4) is 0 Å². The number of hydrogen-bond acceptors (Lipinski definition) is 1. The lowest BCUT2D eigenvalue weighted by Crippen LogP contribution is -2.46. The minimum Gasteiger partial charge on any atom is -0.352 e. The van der Waals surface area contributed by atoms with Crippen LogP contribution < -0.4 is 10.6 Å². The van der Waals surface area contributed by atoms with Crippen molar-refractivity contribution in [2.24, 2.45) is 5.92 Å². The molecule has 2 nitrogen and oxygen atoms in total. The van der Waals surface area contributed by atoms with E-state index in [1.54, 1.807) is 24.3 Å². The van der Waals surface area contributed by atoms with Gasteiger partial charge in [-0.2, -0.15) is 0 Å². The molecule has 138 valence electrons. The van der Waals surface area contributed by atoms with Crippen LogP contribution in [0.4, 0.5) is 8.78 Å². The highest BCUT2D eigenvalue weighted by atomic mass is 32.1. The molecule has 2 aromatic rings. The Hall–Kier alpha value is -2.53. The first-order chi connectivity index (χ1) is 13.0. The normalized spacial score (nSPS) is 23.7. The summed E-state index contributed by atoms with van der Waals surface area (Å²) in [5, 5.41) is 6.90. The Labute approximate surface area is 163 Å². The van der Waals surface area contributed by atoms with Crippen molar-refractivity contribution in [2.45, 2.75) is 25.8 Å². The third-order valence-electron chi connectivity index (χ3n) is 5.09. The van der Waals surface area contributed by atoms with Gasteiger partial charge in [0.05, 0.1) is 6.04 Å². The predicted molar refractivity (Wildman–Crippen MR) is 108 cm³/mol. The third-order valence-corrected chi connectivity index (χ3v) is 5.31. The average Bonchev–Trinajstić information content (AvgIpc) is 2.64. The largest absolute Gasteiger partial charge is 0.352 e. The molecule has 0 unspecified atom stereocenters. The molecule has 0 spiro atoms. The van der Waals surface area contributed by atoms with E-state index in [2.05, 4.69) is 17.6 Å². The van der Waals surface area contributed by atoms with Gasteiger partial charge in [0.1, 0.15) is 11.6 Å². The summed E-state index contributed by atoms with van der Waals surface area (Å²) in [6, 6.07) is 13.1. The van der Waals surface area contributed by atoms with Crippen molar-refractivity contribution in [3.05, 3.63) is 88.1 Å². The zero-order valence-corrected chi connectivity index (χ0v) is 15.7. The molecule has 0 fully saturated rings. The molecular formula is C22H20F2N2S. The molecule has 5 heteroatoms. The van der Waals surface area contributed by atoms with Crippen LogP contribution in [0.15, 0.2) is 65.4 Å². The van der Waals surface area contributed by atoms with Crippen LogP contribution in [0.25, 0.3) is 6.08 Å². The number of hydrogen-bond donors (Lipinski definition) is 2. The lowest BCUT2D eigenvalue weighted by Gasteiger charge is -2.38. The van der Waals surface area contributed by atoms with Crippen molar-refractivity contribution < 1.29 is 8.78 Å². The molecule has 0 saturated carbocycles. The average molecular weight is 382 g/mol. The minimum absolute atomic E-state index is 0.257. The van der Waals surface area contributed by atoms with Gasteiger partial charge in [0.2, 0.25) is 0 Å². The van der Waals surface area contributed by atoms with Crippen LogP contribution in [-0.4, -0.2) is 5.11 Å². The van der Waals surface area contributed by atoms with Crippen molar-refractivity contribution in [1.29, 1.82) is 0 Å². The Morgan fingerprint density at radius 3 is 2.44 bits per heavy atom.